The average molecular weight is 484 g/mol. The first kappa shape index (κ1) is 23.6. The van der Waals surface area contributed by atoms with Gasteiger partial charge in [0, 0.05) is 36.5 Å². The van der Waals surface area contributed by atoms with E-state index in [0.717, 1.165) is 17.7 Å². The van der Waals surface area contributed by atoms with Crippen LogP contribution < -0.4 is 4.90 Å². The molecule has 0 spiro atoms. The fraction of sp³-hybridized carbons (Fsp3) is 0.360. The smallest absolute Gasteiger partial charge is 0.231 e. The number of thiazole rings is 1. The molecule has 8 heteroatoms. The van der Waals surface area contributed by atoms with E-state index in [4.69, 9.17) is 4.98 Å². The summed E-state index contributed by atoms with van der Waals surface area (Å²) in [5.41, 5.74) is 3.05. The van der Waals surface area contributed by atoms with Gasteiger partial charge in [0.15, 0.2) is 5.13 Å². The van der Waals surface area contributed by atoms with Gasteiger partial charge in [-0.15, -0.1) is 11.3 Å². The third kappa shape index (κ3) is 5.69. The second kappa shape index (κ2) is 10.6. The first-order chi connectivity index (χ1) is 16.0. The van der Waals surface area contributed by atoms with Gasteiger partial charge in [-0.1, -0.05) is 60.7 Å². The Labute approximate surface area is 199 Å². The molecule has 1 fully saturated rings. The van der Waals surface area contributed by atoms with E-state index in [1.165, 1.54) is 21.2 Å². The molecule has 0 unspecified atom stereocenters. The Morgan fingerprint density at radius 3 is 2.33 bits per heavy atom. The normalized spacial score (nSPS) is 15.4. The molecule has 0 saturated carbocycles. The zero-order valence-electron chi connectivity index (χ0n) is 18.8. The maximum absolute atomic E-state index is 13.6. The van der Waals surface area contributed by atoms with Crippen LogP contribution in [0.4, 0.5) is 5.13 Å². The van der Waals surface area contributed by atoms with Crippen molar-refractivity contribution in [3.05, 3.63) is 71.6 Å². The zero-order chi connectivity index (χ0) is 23.3. The van der Waals surface area contributed by atoms with Crippen LogP contribution >= 0.6 is 11.3 Å². The van der Waals surface area contributed by atoms with Gasteiger partial charge in [0.1, 0.15) is 0 Å². The Bertz CT molecular complexity index is 1160. The van der Waals surface area contributed by atoms with Crippen molar-refractivity contribution in [2.24, 2.45) is 5.92 Å². The van der Waals surface area contributed by atoms with Crippen molar-refractivity contribution >= 4 is 32.4 Å². The Balaban J connectivity index is 1.53. The van der Waals surface area contributed by atoms with Crippen LogP contribution in [0.3, 0.4) is 0 Å². The van der Waals surface area contributed by atoms with Gasteiger partial charge in [0.25, 0.3) is 0 Å². The SMILES string of the molecule is CCS(=O)(=O)N1CCC(C(=O)N(CCc2ccccc2)c2nc(-c3ccccc3)cs2)CC1. The summed E-state index contributed by atoms with van der Waals surface area (Å²) in [6.07, 6.45) is 1.81. The van der Waals surface area contributed by atoms with E-state index >= 15 is 0 Å². The fourth-order valence-electron chi connectivity index (χ4n) is 4.10. The molecule has 174 valence electrons. The van der Waals surface area contributed by atoms with E-state index in [2.05, 4.69) is 12.1 Å². The topological polar surface area (TPSA) is 70.6 Å². The van der Waals surface area contributed by atoms with E-state index in [0.29, 0.717) is 37.6 Å². The van der Waals surface area contributed by atoms with Crippen molar-refractivity contribution < 1.29 is 13.2 Å². The number of carbonyl (C=O) groups excluding carboxylic acids is 1. The zero-order valence-corrected chi connectivity index (χ0v) is 20.4. The number of amides is 1. The summed E-state index contributed by atoms with van der Waals surface area (Å²) in [5.74, 6) is -0.0717. The van der Waals surface area contributed by atoms with Crippen molar-refractivity contribution in [2.45, 2.75) is 26.2 Å². The largest absolute Gasteiger partial charge is 0.288 e. The van der Waals surface area contributed by atoms with E-state index in [-0.39, 0.29) is 17.6 Å². The maximum atomic E-state index is 13.6. The molecule has 0 aliphatic carbocycles. The minimum atomic E-state index is -3.22. The summed E-state index contributed by atoms with van der Waals surface area (Å²) in [7, 11) is -3.22. The highest BCUT2D eigenvalue weighted by Crippen LogP contribution is 2.30. The van der Waals surface area contributed by atoms with Crippen molar-refractivity contribution in [2.75, 3.05) is 30.3 Å². The van der Waals surface area contributed by atoms with E-state index < -0.39 is 10.0 Å². The standard InChI is InChI=1S/C25H29N3O3S2/c1-2-33(30,31)27-16-14-22(15-17-27)24(29)28(18-13-20-9-5-3-6-10-20)25-26-23(19-32-25)21-11-7-4-8-12-21/h3-12,19,22H,2,13-18H2,1H3. The first-order valence-electron chi connectivity index (χ1n) is 11.3. The molecule has 1 aliphatic rings. The van der Waals surface area contributed by atoms with Crippen LogP contribution in [0.25, 0.3) is 11.3 Å². The lowest BCUT2D eigenvalue weighted by Crippen LogP contribution is -2.45. The van der Waals surface area contributed by atoms with E-state index in [9.17, 15) is 13.2 Å². The number of rotatable bonds is 8. The second-order valence-corrected chi connectivity index (χ2v) is 11.3. The molecule has 2 aromatic carbocycles. The van der Waals surface area contributed by atoms with Crippen molar-refractivity contribution in [1.29, 1.82) is 0 Å². The lowest BCUT2D eigenvalue weighted by molar-refractivity contribution is -0.123. The molecular weight excluding hydrogens is 454 g/mol. The van der Waals surface area contributed by atoms with Crippen LogP contribution in [0.5, 0.6) is 0 Å². The summed E-state index contributed by atoms with van der Waals surface area (Å²) in [6, 6.07) is 20.1. The van der Waals surface area contributed by atoms with Crippen LogP contribution in [0.15, 0.2) is 66.0 Å². The second-order valence-electron chi connectivity index (χ2n) is 8.18. The molecule has 4 rings (SSSR count). The first-order valence-corrected chi connectivity index (χ1v) is 13.8. The quantitative estimate of drug-likeness (QED) is 0.475. The number of hydrogen-bond donors (Lipinski definition) is 0. The number of benzene rings is 2. The number of nitrogens with zero attached hydrogens (tertiary/aromatic N) is 3. The lowest BCUT2D eigenvalue weighted by Gasteiger charge is -2.32. The fourth-order valence-corrected chi connectivity index (χ4v) is 6.10. The lowest BCUT2D eigenvalue weighted by atomic mass is 9.96. The van der Waals surface area contributed by atoms with Crippen LogP contribution in [0.2, 0.25) is 0 Å². The van der Waals surface area contributed by atoms with Gasteiger partial charge < -0.3 is 0 Å². The molecule has 2 heterocycles. The van der Waals surface area contributed by atoms with Crippen LogP contribution in [0.1, 0.15) is 25.3 Å². The number of anilines is 1. The van der Waals surface area contributed by atoms with E-state index in [1.54, 1.807) is 11.8 Å². The van der Waals surface area contributed by atoms with Gasteiger partial charge >= 0.3 is 0 Å². The molecule has 1 aromatic heterocycles. The van der Waals surface area contributed by atoms with Crippen molar-refractivity contribution in [3.63, 3.8) is 0 Å². The Hall–Kier alpha value is -2.55. The highest BCUT2D eigenvalue weighted by molar-refractivity contribution is 7.89. The highest BCUT2D eigenvalue weighted by atomic mass is 32.2. The van der Waals surface area contributed by atoms with Crippen LogP contribution in [0, 0.1) is 5.92 Å². The number of carbonyl (C=O) groups is 1. The van der Waals surface area contributed by atoms with Crippen LogP contribution in [-0.4, -0.2) is 49.0 Å². The predicted molar refractivity (Wildman–Crippen MR) is 134 cm³/mol. The number of piperidine rings is 1. The van der Waals surface area contributed by atoms with Gasteiger partial charge in [-0.3, -0.25) is 9.69 Å². The molecule has 1 amide bonds. The summed E-state index contributed by atoms with van der Waals surface area (Å²) in [6.45, 7) is 2.99. The minimum absolute atomic E-state index is 0.0356. The van der Waals surface area contributed by atoms with Gasteiger partial charge in [-0.25, -0.2) is 17.7 Å². The summed E-state index contributed by atoms with van der Waals surface area (Å²) in [4.78, 5) is 20.2. The molecule has 0 N–H and O–H groups in total. The Morgan fingerprint density at radius 2 is 1.70 bits per heavy atom. The molecule has 3 aromatic rings. The van der Waals surface area contributed by atoms with Crippen molar-refractivity contribution in [3.8, 4) is 11.3 Å². The predicted octanol–water partition coefficient (Wildman–Crippen LogP) is 4.45. The monoisotopic (exact) mass is 483 g/mol. The minimum Gasteiger partial charge on any atom is -0.288 e. The number of aromatic nitrogens is 1. The third-order valence-electron chi connectivity index (χ3n) is 6.09. The molecule has 1 aliphatic heterocycles. The van der Waals surface area contributed by atoms with Gasteiger partial charge in [-0.05, 0) is 31.7 Å². The maximum Gasteiger partial charge on any atom is 0.231 e. The Morgan fingerprint density at radius 1 is 1.06 bits per heavy atom. The van der Waals surface area contributed by atoms with Crippen molar-refractivity contribution in [1.82, 2.24) is 9.29 Å². The average Bonchev–Trinajstić information content (AvgIpc) is 3.35. The number of sulfonamides is 1. The summed E-state index contributed by atoms with van der Waals surface area (Å²) >= 11 is 1.48. The molecule has 6 nitrogen and oxygen atoms in total. The highest BCUT2D eigenvalue weighted by Gasteiger charge is 2.33. The number of hydrogen-bond acceptors (Lipinski definition) is 5. The molecule has 0 bridgehead atoms. The molecule has 1 saturated heterocycles. The summed E-state index contributed by atoms with van der Waals surface area (Å²) in [5, 5.41) is 2.68. The molecule has 0 atom stereocenters. The van der Waals surface area contributed by atoms with Gasteiger partial charge in [0.2, 0.25) is 15.9 Å². The summed E-state index contributed by atoms with van der Waals surface area (Å²) < 4.78 is 25.9. The third-order valence-corrected chi connectivity index (χ3v) is 8.83. The van der Waals surface area contributed by atoms with Gasteiger partial charge in [-0.2, -0.15) is 0 Å². The van der Waals surface area contributed by atoms with Gasteiger partial charge in [0.05, 0.1) is 11.4 Å². The molecular formula is C25H29N3O3S2. The molecule has 33 heavy (non-hydrogen) atoms. The molecule has 0 radical (unpaired) electrons. The van der Waals surface area contributed by atoms with Crippen LogP contribution in [-0.2, 0) is 21.2 Å². The van der Waals surface area contributed by atoms with E-state index in [1.807, 2.05) is 53.9 Å². The Kier molecular flexibility index (Phi) is 7.57.